The van der Waals surface area contributed by atoms with Crippen LogP contribution in [-0.2, 0) is 4.79 Å². The van der Waals surface area contributed by atoms with Gasteiger partial charge in [-0.1, -0.05) is 18.2 Å². The number of likely N-dealkylation sites (tertiary alicyclic amines) is 1. The van der Waals surface area contributed by atoms with Gasteiger partial charge in [0.2, 0.25) is 11.8 Å². The number of pyridine rings is 1. The number of fused-ring (bicyclic) bond motifs is 1. The van der Waals surface area contributed by atoms with Gasteiger partial charge in [-0.15, -0.1) is 0 Å². The van der Waals surface area contributed by atoms with Crippen molar-refractivity contribution in [3.05, 3.63) is 66.0 Å². The number of aromatic nitrogens is 3. The molecule has 1 aliphatic heterocycles. The first-order valence-electron chi connectivity index (χ1n) is 12.2. The summed E-state index contributed by atoms with van der Waals surface area (Å²) < 4.78 is 11.6. The van der Waals surface area contributed by atoms with Crippen LogP contribution in [0.2, 0.25) is 0 Å². The molecule has 0 spiro atoms. The van der Waals surface area contributed by atoms with E-state index >= 15 is 0 Å². The van der Waals surface area contributed by atoms with Gasteiger partial charge in [0.25, 0.3) is 0 Å². The predicted octanol–water partition coefficient (Wildman–Crippen LogP) is 4.59. The molecule has 190 valence electrons. The van der Waals surface area contributed by atoms with Gasteiger partial charge in [-0.25, -0.2) is 9.97 Å². The molecule has 3 heterocycles. The minimum absolute atomic E-state index is 0.00804. The number of imidazole rings is 1. The average Bonchev–Trinajstić information content (AvgIpc) is 3.55. The number of hydrogen-bond donors (Lipinski definition) is 3. The van der Waals surface area contributed by atoms with Crippen molar-refractivity contribution in [2.24, 2.45) is 5.92 Å². The van der Waals surface area contributed by atoms with Gasteiger partial charge in [0, 0.05) is 41.9 Å². The van der Waals surface area contributed by atoms with E-state index in [1.54, 1.807) is 19.5 Å². The first kappa shape index (κ1) is 24.3. The summed E-state index contributed by atoms with van der Waals surface area (Å²) in [5.74, 6) is 1.31. The smallest absolute Gasteiger partial charge is 0.243 e. The van der Waals surface area contributed by atoms with E-state index in [1.165, 1.54) is 6.21 Å². The van der Waals surface area contributed by atoms with Gasteiger partial charge >= 0.3 is 0 Å². The Morgan fingerprint density at radius 3 is 2.70 bits per heavy atom. The minimum Gasteiger partial charge on any atom is -0.497 e. The largest absolute Gasteiger partial charge is 0.497 e. The number of rotatable bonds is 8. The number of carbonyl (C=O) groups is 1. The Kier molecular flexibility index (Phi) is 6.52. The fourth-order valence-corrected chi connectivity index (χ4v) is 4.79. The Bertz CT molecular complexity index is 1450. The highest BCUT2D eigenvalue weighted by atomic mass is 16.5. The number of carbonyl (C=O) groups excluding carboxylic acids is 1. The molecule has 0 bridgehead atoms. The van der Waals surface area contributed by atoms with Crippen molar-refractivity contribution in [1.82, 2.24) is 19.9 Å². The standard InChI is InChI=1S/C28H30N6O3/c1-16(18-4-7-22(36-3)8-5-18)34-14-21(11-26(34)35)17(2)37-28-27-25(31-15-32-27)12-24(33-28)19-6-9-23(30)20(10-19)13-29/h4-10,12-13,15-17,21,29H,11,14,30H2,1-3H3,(H,31,32)/t16-,17-,21-/m1/s1. The quantitative estimate of drug-likeness (QED) is 0.241. The molecule has 9 heteroatoms. The van der Waals surface area contributed by atoms with Crippen LogP contribution in [0.1, 0.15) is 37.4 Å². The Hall–Kier alpha value is -4.40. The lowest BCUT2D eigenvalue weighted by Crippen LogP contribution is -2.31. The van der Waals surface area contributed by atoms with Crippen LogP contribution in [0.15, 0.2) is 54.9 Å². The van der Waals surface area contributed by atoms with Crippen molar-refractivity contribution < 1.29 is 14.3 Å². The van der Waals surface area contributed by atoms with Gasteiger partial charge < -0.3 is 30.5 Å². The second kappa shape index (κ2) is 9.93. The second-order valence-electron chi connectivity index (χ2n) is 9.38. The molecule has 5 rings (SSSR count). The summed E-state index contributed by atoms with van der Waals surface area (Å²) in [6.45, 7) is 4.61. The molecule has 2 aromatic carbocycles. The van der Waals surface area contributed by atoms with Crippen molar-refractivity contribution in [3.63, 3.8) is 0 Å². The molecule has 1 amide bonds. The summed E-state index contributed by atoms with van der Waals surface area (Å²) >= 11 is 0. The molecule has 0 saturated carbocycles. The van der Waals surface area contributed by atoms with Crippen LogP contribution in [0.5, 0.6) is 11.6 Å². The first-order valence-corrected chi connectivity index (χ1v) is 12.2. The molecule has 37 heavy (non-hydrogen) atoms. The molecule has 3 atom stereocenters. The summed E-state index contributed by atoms with van der Waals surface area (Å²) in [6.07, 6.45) is 2.98. The van der Waals surface area contributed by atoms with Crippen molar-refractivity contribution in [1.29, 1.82) is 5.41 Å². The summed E-state index contributed by atoms with van der Waals surface area (Å²) in [5.41, 5.74) is 11.1. The number of amides is 1. The number of benzene rings is 2. The molecule has 1 aliphatic rings. The lowest BCUT2D eigenvalue weighted by atomic mass is 10.0. The maximum Gasteiger partial charge on any atom is 0.243 e. The first-order chi connectivity index (χ1) is 17.9. The molecule has 0 radical (unpaired) electrons. The van der Waals surface area contributed by atoms with Gasteiger partial charge in [-0.3, -0.25) is 4.79 Å². The van der Waals surface area contributed by atoms with Crippen LogP contribution in [-0.4, -0.2) is 51.7 Å². The fraction of sp³-hybridized carbons (Fsp3) is 0.286. The van der Waals surface area contributed by atoms with Crippen molar-refractivity contribution in [3.8, 4) is 22.9 Å². The van der Waals surface area contributed by atoms with Gasteiger partial charge in [0.15, 0.2) is 5.52 Å². The number of ether oxygens (including phenoxy) is 2. The third kappa shape index (κ3) is 4.72. The number of methoxy groups -OCH3 is 1. The van der Waals surface area contributed by atoms with Crippen LogP contribution >= 0.6 is 0 Å². The molecule has 4 N–H and O–H groups in total. The fourth-order valence-electron chi connectivity index (χ4n) is 4.79. The molecule has 1 fully saturated rings. The molecular formula is C28H30N6O3. The predicted molar refractivity (Wildman–Crippen MR) is 143 cm³/mol. The Labute approximate surface area is 215 Å². The highest BCUT2D eigenvalue weighted by Gasteiger charge is 2.37. The van der Waals surface area contributed by atoms with E-state index in [0.717, 1.165) is 22.4 Å². The highest BCUT2D eigenvalue weighted by Crippen LogP contribution is 2.34. The Morgan fingerprint density at radius 2 is 1.97 bits per heavy atom. The summed E-state index contributed by atoms with van der Waals surface area (Å²) in [5, 5.41) is 7.61. The SMILES string of the molecule is COc1ccc([C@@H](C)N2C[C@H]([C@@H](C)Oc3nc(-c4ccc(N)c(C=N)c4)cc4[nH]cnc34)CC2=O)cc1. The third-order valence-corrected chi connectivity index (χ3v) is 7.13. The third-order valence-electron chi connectivity index (χ3n) is 7.13. The van der Waals surface area contributed by atoms with E-state index in [0.29, 0.717) is 41.3 Å². The molecule has 1 saturated heterocycles. The molecule has 0 aliphatic carbocycles. The number of H-pyrrole nitrogens is 1. The van der Waals surface area contributed by atoms with Crippen molar-refractivity contribution in [2.45, 2.75) is 32.4 Å². The lowest BCUT2D eigenvalue weighted by molar-refractivity contribution is -0.129. The van der Waals surface area contributed by atoms with Gasteiger partial charge in [-0.2, -0.15) is 0 Å². The number of nitrogens with two attached hydrogens (primary N) is 1. The number of nitrogen functional groups attached to an aromatic ring is 1. The minimum atomic E-state index is -0.261. The van der Waals surface area contributed by atoms with Gasteiger partial charge in [0.1, 0.15) is 11.9 Å². The second-order valence-corrected chi connectivity index (χ2v) is 9.38. The van der Waals surface area contributed by atoms with E-state index in [9.17, 15) is 4.79 Å². The summed E-state index contributed by atoms with van der Waals surface area (Å²) in [6, 6.07) is 15.1. The van der Waals surface area contributed by atoms with E-state index in [2.05, 4.69) is 9.97 Å². The van der Waals surface area contributed by atoms with Crippen LogP contribution in [0.25, 0.3) is 22.3 Å². The maximum atomic E-state index is 13.0. The van der Waals surface area contributed by atoms with Crippen LogP contribution < -0.4 is 15.2 Å². The molecule has 0 unspecified atom stereocenters. The number of anilines is 1. The van der Waals surface area contributed by atoms with Crippen LogP contribution in [0, 0.1) is 11.3 Å². The van der Waals surface area contributed by atoms with Crippen molar-refractivity contribution >= 4 is 28.8 Å². The number of nitrogens with zero attached hydrogens (tertiary/aromatic N) is 3. The van der Waals surface area contributed by atoms with Gasteiger partial charge in [-0.05, 0) is 49.7 Å². The maximum absolute atomic E-state index is 13.0. The highest BCUT2D eigenvalue weighted by molar-refractivity contribution is 5.89. The zero-order chi connectivity index (χ0) is 26.1. The van der Waals surface area contributed by atoms with Crippen molar-refractivity contribution in [2.75, 3.05) is 19.4 Å². The lowest BCUT2D eigenvalue weighted by Gasteiger charge is -2.26. The number of nitrogens with one attached hydrogen (secondary N) is 2. The summed E-state index contributed by atoms with van der Waals surface area (Å²) in [4.78, 5) is 27.2. The zero-order valence-corrected chi connectivity index (χ0v) is 21.1. The van der Waals surface area contributed by atoms with E-state index in [4.69, 9.17) is 25.6 Å². The summed E-state index contributed by atoms with van der Waals surface area (Å²) in [7, 11) is 1.64. The molecular weight excluding hydrogens is 468 g/mol. The number of aromatic amines is 1. The van der Waals surface area contributed by atoms with Crippen LogP contribution in [0.4, 0.5) is 5.69 Å². The monoisotopic (exact) mass is 498 g/mol. The molecule has 9 nitrogen and oxygen atoms in total. The normalized spacial score (nSPS) is 17.1. The number of hydrogen-bond acceptors (Lipinski definition) is 7. The van der Waals surface area contributed by atoms with Gasteiger partial charge in [0.05, 0.1) is 30.7 Å². The average molecular weight is 499 g/mol. The molecule has 4 aromatic rings. The molecule has 2 aromatic heterocycles. The van der Waals surface area contributed by atoms with E-state index < -0.39 is 0 Å². The Balaban J connectivity index is 1.36. The Morgan fingerprint density at radius 1 is 1.19 bits per heavy atom. The van der Waals surface area contributed by atoms with E-state index in [1.807, 2.05) is 61.2 Å². The van der Waals surface area contributed by atoms with Crippen LogP contribution in [0.3, 0.4) is 0 Å². The zero-order valence-electron chi connectivity index (χ0n) is 21.1. The van der Waals surface area contributed by atoms with E-state index in [-0.39, 0.29) is 24.0 Å². The topological polar surface area (TPSA) is 130 Å².